The molecule has 1 amide bonds. The van der Waals surface area contributed by atoms with Crippen LogP contribution in [0.15, 0.2) is 77.7 Å². The summed E-state index contributed by atoms with van der Waals surface area (Å²) in [6.45, 7) is 12.4. The molecule has 0 atom stereocenters. The topological polar surface area (TPSA) is 88.1 Å². The zero-order valence-electron chi connectivity index (χ0n) is 25.0. The van der Waals surface area contributed by atoms with Crippen molar-refractivity contribution in [3.8, 4) is 11.3 Å². The number of anilines is 3. The number of amides is 1. The number of nitrogens with one attached hydrogen (secondary N) is 3. The van der Waals surface area contributed by atoms with Gasteiger partial charge in [0.25, 0.3) is 11.5 Å². The molecule has 214 valence electrons. The zero-order chi connectivity index (χ0) is 29.6. The second kappa shape index (κ2) is 13.0. The lowest BCUT2D eigenvalue weighted by atomic mass is 9.86. The van der Waals surface area contributed by atoms with E-state index in [9.17, 15) is 9.59 Å². The Bertz CT molecular complexity index is 1550. The molecule has 0 aliphatic carbocycles. The van der Waals surface area contributed by atoms with Crippen molar-refractivity contribution in [1.29, 1.82) is 0 Å². The molecule has 0 unspecified atom stereocenters. The first-order valence-electron chi connectivity index (χ1n) is 14.2. The summed E-state index contributed by atoms with van der Waals surface area (Å²) in [6.07, 6.45) is 4.05. The fourth-order valence-electron chi connectivity index (χ4n) is 4.56. The molecular weight excluding hydrogens is 510 g/mol. The van der Waals surface area contributed by atoms with Crippen LogP contribution in [0.5, 0.6) is 0 Å². The summed E-state index contributed by atoms with van der Waals surface area (Å²) in [5.41, 5.74) is 6.56. The average molecular weight is 552 g/mol. The van der Waals surface area contributed by atoms with Gasteiger partial charge in [0.2, 0.25) is 0 Å². The van der Waals surface area contributed by atoms with Gasteiger partial charge in [-0.15, -0.1) is 0 Å². The Morgan fingerprint density at radius 2 is 1.68 bits per heavy atom. The Kier molecular flexibility index (Phi) is 9.40. The van der Waals surface area contributed by atoms with Crippen LogP contribution < -0.4 is 21.5 Å². The van der Waals surface area contributed by atoms with E-state index >= 15 is 0 Å². The molecule has 0 radical (unpaired) electrons. The van der Waals surface area contributed by atoms with Gasteiger partial charge in [0.05, 0.1) is 5.69 Å². The minimum Gasteiger partial charge on any atom is -0.336 e. The summed E-state index contributed by atoms with van der Waals surface area (Å²) in [5, 5.41) is 9.68. The molecular formula is C34H41N5O2. The largest absolute Gasteiger partial charge is 0.336 e. The van der Waals surface area contributed by atoms with Gasteiger partial charge in [-0.2, -0.15) is 0 Å². The van der Waals surface area contributed by atoms with Gasteiger partial charge in [0.1, 0.15) is 0 Å². The van der Waals surface area contributed by atoms with Crippen molar-refractivity contribution in [3.63, 3.8) is 0 Å². The van der Waals surface area contributed by atoms with Crippen LogP contribution in [0.3, 0.4) is 0 Å². The van der Waals surface area contributed by atoms with Crippen LogP contribution >= 0.6 is 0 Å². The molecule has 7 heteroatoms. The van der Waals surface area contributed by atoms with Crippen molar-refractivity contribution in [1.82, 2.24) is 14.9 Å². The highest BCUT2D eigenvalue weighted by Crippen LogP contribution is 2.29. The summed E-state index contributed by atoms with van der Waals surface area (Å²) in [7, 11) is 1.71. The first-order valence-corrected chi connectivity index (χ1v) is 14.2. The molecule has 4 aromatic rings. The van der Waals surface area contributed by atoms with Crippen LogP contribution in [0, 0.1) is 6.92 Å². The number of aromatic nitrogens is 2. The third-order valence-corrected chi connectivity index (χ3v) is 7.20. The third-order valence-electron chi connectivity index (χ3n) is 7.20. The molecule has 0 aliphatic rings. The maximum absolute atomic E-state index is 13.1. The van der Waals surface area contributed by atoms with E-state index in [4.69, 9.17) is 4.98 Å². The maximum Gasteiger partial charge on any atom is 0.293 e. The molecule has 1 aromatic heterocycles. The van der Waals surface area contributed by atoms with Gasteiger partial charge in [0, 0.05) is 42.3 Å². The molecule has 0 saturated carbocycles. The Hall–Kier alpha value is -4.23. The van der Waals surface area contributed by atoms with Crippen molar-refractivity contribution in [2.45, 2.75) is 59.4 Å². The highest BCUT2D eigenvalue weighted by molar-refractivity contribution is 6.05. The van der Waals surface area contributed by atoms with Crippen LogP contribution in [0.25, 0.3) is 11.3 Å². The molecule has 1 heterocycles. The van der Waals surface area contributed by atoms with Gasteiger partial charge in [-0.05, 0) is 72.3 Å². The van der Waals surface area contributed by atoms with E-state index in [2.05, 4.69) is 43.6 Å². The number of hydrogen-bond acceptors (Lipinski definition) is 5. The van der Waals surface area contributed by atoms with Crippen LogP contribution in [0.1, 0.15) is 67.6 Å². The summed E-state index contributed by atoms with van der Waals surface area (Å²) in [6, 6.07) is 21.4. The van der Waals surface area contributed by atoms with Gasteiger partial charge >= 0.3 is 0 Å². The van der Waals surface area contributed by atoms with Gasteiger partial charge in [-0.3, -0.25) is 9.59 Å². The fraction of sp³-hybridized carbons (Fsp3) is 0.324. The lowest BCUT2D eigenvalue weighted by molar-refractivity contribution is 0.102. The number of aryl methyl sites for hydroxylation is 1. The maximum atomic E-state index is 13.1. The lowest BCUT2D eigenvalue weighted by Crippen LogP contribution is -2.21. The molecule has 7 nitrogen and oxygen atoms in total. The number of nitrogens with zero attached hydrogens (tertiary/aromatic N) is 2. The summed E-state index contributed by atoms with van der Waals surface area (Å²) in [4.78, 5) is 30.7. The smallest absolute Gasteiger partial charge is 0.293 e. The highest BCUT2D eigenvalue weighted by Gasteiger charge is 2.16. The average Bonchev–Trinajstić information content (AvgIpc) is 2.95. The first kappa shape index (κ1) is 29.7. The van der Waals surface area contributed by atoms with E-state index in [0.29, 0.717) is 16.9 Å². The Morgan fingerprint density at radius 3 is 2.34 bits per heavy atom. The van der Waals surface area contributed by atoms with Crippen molar-refractivity contribution < 1.29 is 4.79 Å². The molecule has 3 N–H and O–H groups in total. The van der Waals surface area contributed by atoms with E-state index in [1.54, 1.807) is 13.2 Å². The number of unbranched alkanes of at least 4 members (excludes halogenated alkanes) is 1. The minimum absolute atomic E-state index is 0.0191. The van der Waals surface area contributed by atoms with E-state index in [1.807, 2.05) is 73.7 Å². The van der Waals surface area contributed by atoms with Gasteiger partial charge in [-0.25, -0.2) is 4.98 Å². The summed E-state index contributed by atoms with van der Waals surface area (Å²) in [5.74, 6) is 0.0668. The number of rotatable bonds is 10. The van der Waals surface area contributed by atoms with Crippen molar-refractivity contribution in [3.05, 3.63) is 106 Å². The fourth-order valence-corrected chi connectivity index (χ4v) is 4.56. The van der Waals surface area contributed by atoms with Crippen LogP contribution in [0.4, 0.5) is 17.2 Å². The van der Waals surface area contributed by atoms with Gasteiger partial charge in [0.15, 0.2) is 5.82 Å². The van der Waals surface area contributed by atoms with E-state index < -0.39 is 0 Å². The van der Waals surface area contributed by atoms with Crippen LogP contribution in [-0.2, 0) is 19.0 Å². The molecule has 0 saturated heterocycles. The standard InChI is InChI=1S/C34H41N5O2/c1-7-8-20-35-21-24-12-18-27(19-13-24)36-31-33(41)39(6)22-30(37-31)28-10-9-11-29(23(28)2)38-32(40)25-14-16-26(17-15-25)34(3,4)5/h9-19,22,35H,7-8,20-21H2,1-6H3,(H,36,37)(H,38,40). The molecule has 0 aliphatic heterocycles. The van der Waals surface area contributed by atoms with E-state index in [0.717, 1.165) is 36.3 Å². The predicted octanol–water partition coefficient (Wildman–Crippen LogP) is 6.94. The number of carbonyl (C=O) groups excluding carboxylic acids is 1. The van der Waals surface area contributed by atoms with Crippen molar-refractivity contribution >= 4 is 23.1 Å². The monoisotopic (exact) mass is 551 g/mol. The third kappa shape index (κ3) is 7.50. The van der Waals surface area contributed by atoms with E-state index in [1.165, 1.54) is 22.1 Å². The molecule has 41 heavy (non-hydrogen) atoms. The number of benzene rings is 3. The molecule has 3 aromatic carbocycles. The number of hydrogen-bond donors (Lipinski definition) is 3. The minimum atomic E-state index is -0.222. The summed E-state index contributed by atoms with van der Waals surface area (Å²) >= 11 is 0. The summed E-state index contributed by atoms with van der Waals surface area (Å²) < 4.78 is 1.53. The van der Waals surface area contributed by atoms with Crippen LogP contribution in [-0.4, -0.2) is 22.0 Å². The van der Waals surface area contributed by atoms with Gasteiger partial charge < -0.3 is 20.5 Å². The molecule has 4 rings (SSSR count). The Morgan fingerprint density at radius 1 is 0.976 bits per heavy atom. The van der Waals surface area contributed by atoms with Crippen LogP contribution in [0.2, 0.25) is 0 Å². The molecule has 0 fully saturated rings. The van der Waals surface area contributed by atoms with Crippen molar-refractivity contribution in [2.75, 3.05) is 17.2 Å². The SMILES string of the molecule is CCCCNCc1ccc(Nc2nc(-c3cccc(NC(=O)c4ccc(C(C)(C)C)cc4)c3C)cn(C)c2=O)cc1. The highest BCUT2D eigenvalue weighted by atomic mass is 16.1. The predicted molar refractivity (Wildman–Crippen MR) is 169 cm³/mol. The van der Waals surface area contributed by atoms with E-state index in [-0.39, 0.29) is 22.7 Å². The van der Waals surface area contributed by atoms with Crippen molar-refractivity contribution in [2.24, 2.45) is 7.05 Å². The Labute approximate surface area is 243 Å². The zero-order valence-corrected chi connectivity index (χ0v) is 25.0. The quantitative estimate of drug-likeness (QED) is 0.186. The first-order chi connectivity index (χ1) is 19.6. The van der Waals surface area contributed by atoms with Gasteiger partial charge in [-0.1, -0.05) is 70.5 Å². The Balaban J connectivity index is 1.53. The molecule has 0 bridgehead atoms. The second-order valence-electron chi connectivity index (χ2n) is 11.5. The normalized spacial score (nSPS) is 11.4. The number of carbonyl (C=O) groups is 1. The lowest BCUT2D eigenvalue weighted by Gasteiger charge is -2.19. The molecule has 0 spiro atoms. The second-order valence-corrected chi connectivity index (χ2v) is 11.5.